The maximum Gasteiger partial charge on any atom is 0.113 e. The first-order chi connectivity index (χ1) is 10.8. The standard InChI is InChI=1S/C16H14N6/c1-12(22-16-9-5-3-7-14(16)18-20-22)10-11-21-15-8-4-2-6-13(15)17-19-21/h2-12H,1H3. The average molecular weight is 290 g/mol. The summed E-state index contributed by atoms with van der Waals surface area (Å²) in [5.74, 6) is 0. The van der Waals surface area contributed by atoms with E-state index < -0.39 is 0 Å². The van der Waals surface area contributed by atoms with E-state index in [-0.39, 0.29) is 6.04 Å². The molecule has 4 aromatic rings. The first-order valence-electron chi connectivity index (χ1n) is 7.11. The minimum atomic E-state index is 0.0652. The molecule has 0 saturated carbocycles. The van der Waals surface area contributed by atoms with E-state index in [4.69, 9.17) is 0 Å². The van der Waals surface area contributed by atoms with E-state index in [1.54, 1.807) is 4.68 Å². The van der Waals surface area contributed by atoms with E-state index in [0.717, 1.165) is 22.1 Å². The van der Waals surface area contributed by atoms with Crippen molar-refractivity contribution in [1.29, 1.82) is 0 Å². The van der Waals surface area contributed by atoms with Gasteiger partial charge in [-0.15, -0.1) is 10.2 Å². The van der Waals surface area contributed by atoms with Gasteiger partial charge in [-0.3, -0.25) is 0 Å². The van der Waals surface area contributed by atoms with Crippen LogP contribution < -0.4 is 0 Å². The molecule has 1 atom stereocenters. The third-order valence-corrected chi connectivity index (χ3v) is 3.65. The van der Waals surface area contributed by atoms with Gasteiger partial charge in [0.05, 0.1) is 17.1 Å². The fourth-order valence-electron chi connectivity index (χ4n) is 2.47. The molecule has 0 saturated heterocycles. The van der Waals surface area contributed by atoms with Crippen molar-refractivity contribution in [3.63, 3.8) is 0 Å². The average Bonchev–Trinajstić information content (AvgIpc) is 3.17. The predicted molar refractivity (Wildman–Crippen MR) is 85.1 cm³/mol. The van der Waals surface area contributed by atoms with Crippen LogP contribution in [-0.2, 0) is 0 Å². The molecule has 0 aliphatic rings. The maximum absolute atomic E-state index is 4.23. The molecule has 0 aliphatic heterocycles. The highest BCUT2D eigenvalue weighted by atomic mass is 15.4. The monoisotopic (exact) mass is 290 g/mol. The first kappa shape index (κ1) is 12.7. The van der Waals surface area contributed by atoms with Gasteiger partial charge >= 0.3 is 0 Å². The minimum absolute atomic E-state index is 0.0652. The molecule has 4 rings (SSSR count). The van der Waals surface area contributed by atoms with Gasteiger partial charge in [0.1, 0.15) is 11.0 Å². The number of allylic oxidation sites excluding steroid dienone is 1. The largest absolute Gasteiger partial charge is 0.238 e. The fourth-order valence-corrected chi connectivity index (χ4v) is 2.47. The Morgan fingerprint density at radius 3 is 2.32 bits per heavy atom. The molecule has 0 radical (unpaired) electrons. The zero-order valence-electron chi connectivity index (χ0n) is 12.0. The van der Waals surface area contributed by atoms with E-state index in [1.807, 2.05) is 65.5 Å². The van der Waals surface area contributed by atoms with Crippen LogP contribution in [0.2, 0.25) is 0 Å². The molecule has 0 aliphatic carbocycles. The molecule has 6 heteroatoms. The molecular weight excluding hydrogens is 276 g/mol. The lowest BCUT2D eigenvalue weighted by molar-refractivity contribution is 0.575. The van der Waals surface area contributed by atoms with Gasteiger partial charge in [0.15, 0.2) is 0 Å². The van der Waals surface area contributed by atoms with E-state index in [9.17, 15) is 0 Å². The van der Waals surface area contributed by atoms with Gasteiger partial charge in [0, 0.05) is 6.20 Å². The Labute approximate surface area is 126 Å². The number of nitrogens with zero attached hydrogens (tertiary/aromatic N) is 6. The van der Waals surface area contributed by atoms with Crippen LogP contribution in [0.1, 0.15) is 13.0 Å². The number of hydrogen-bond donors (Lipinski definition) is 0. The minimum Gasteiger partial charge on any atom is -0.238 e. The SMILES string of the molecule is CC(C=Cn1nnc2ccccc21)n1nnc2ccccc21. The Morgan fingerprint density at radius 2 is 1.50 bits per heavy atom. The zero-order valence-corrected chi connectivity index (χ0v) is 12.0. The molecule has 2 aromatic heterocycles. The molecule has 1 unspecified atom stereocenters. The smallest absolute Gasteiger partial charge is 0.113 e. The Bertz CT molecular complexity index is 965. The lowest BCUT2D eigenvalue weighted by Gasteiger charge is -2.07. The highest BCUT2D eigenvalue weighted by Gasteiger charge is 2.08. The van der Waals surface area contributed by atoms with E-state index >= 15 is 0 Å². The predicted octanol–water partition coefficient (Wildman–Crippen LogP) is 2.91. The number of aromatic nitrogens is 6. The number of hydrogen-bond acceptors (Lipinski definition) is 4. The van der Waals surface area contributed by atoms with Crippen LogP contribution in [-0.4, -0.2) is 30.0 Å². The quantitative estimate of drug-likeness (QED) is 0.582. The summed E-state index contributed by atoms with van der Waals surface area (Å²) in [7, 11) is 0. The summed E-state index contributed by atoms with van der Waals surface area (Å²) < 4.78 is 3.66. The maximum atomic E-state index is 4.23. The van der Waals surface area contributed by atoms with Crippen LogP contribution in [0.3, 0.4) is 0 Å². The lowest BCUT2D eigenvalue weighted by atomic mass is 10.3. The molecule has 0 fully saturated rings. The Morgan fingerprint density at radius 1 is 0.864 bits per heavy atom. The van der Waals surface area contributed by atoms with Gasteiger partial charge in [-0.25, -0.2) is 9.36 Å². The Kier molecular flexibility index (Phi) is 2.93. The van der Waals surface area contributed by atoms with Crippen LogP contribution in [0.5, 0.6) is 0 Å². The number of benzene rings is 2. The topological polar surface area (TPSA) is 61.4 Å². The van der Waals surface area contributed by atoms with Gasteiger partial charge in [0.25, 0.3) is 0 Å². The Hall–Kier alpha value is -3.02. The summed E-state index contributed by atoms with van der Waals surface area (Å²) in [5.41, 5.74) is 3.78. The van der Waals surface area contributed by atoms with E-state index in [0.29, 0.717) is 0 Å². The lowest BCUT2D eigenvalue weighted by Crippen LogP contribution is -2.04. The van der Waals surface area contributed by atoms with Gasteiger partial charge in [-0.05, 0) is 37.3 Å². The molecule has 6 nitrogen and oxygen atoms in total. The highest BCUT2D eigenvalue weighted by molar-refractivity contribution is 5.76. The molecule has 2 heterocycles. The summed E-state index contributed by atoms with van der Waals surface area (Å²) >= 11 is 0. The zero-order chi connectivity index (χ0) is 14.9. The summed E-state index contributed by atoms with van der Waals surface area (Å²) in [5, 5.41) is 16.7. The van der Waals surface area contributed by atoms with Crippen molar-refractivity contribution in [2.45, 2.75) is 13.0 Å². The number of para-hydroxylation sites is 2. The van der Waals surface area contributed by atoms with Gasteiger partial charge in [0.2, 0.25) is 0 Å². The second-order valence-electron chi connectivity index (χ2n) is 5.13. The molecule has 0 bridgehead atoms. The number of fused-ring (bicyclic) bond motifs is 2. The first-order valence-corrected chi connectivity index (χ1v) is 7.11. The van der Waals surface area contributed by atoms with Crippen LogP contribution >= 0.6 is 0 Å². The van der Waals surface area contributed by atoms with Crippen molar-refractivity contribution < 1.29 is 0 Å². The second-order valence-corrected chi connectivity index (χ2v) is 5.13. The normalized spacial score (nSPS) is 13.3. The molecule has 0 spiro atoms. The molecule has 108 valence electrons. The van der Waals surface area contributed by atoms with Crippen LogP contribution in [0.4, 0.5) is 0 Å². The summed E-state index contributed by atoms with van der Waals surface area (Å²) in [6.45, 7) is 2.07. The molecule has 2 aromatic carbocycles. The van der Waals surface area contributed by atoms with Gasteiger partial charge in [-0.1, -0.05) is 34.7 Å². The summed E-state index contributed by atoms with van der Waals surface area (Å²) in [6, 6.07) is 15.9. The molecule has 0 amide bonds. The van der Waals surface area contributed by atoms with Gasteiger partial charge < -0.3 is 0 Å². The summed E-state index contributed by atoms with van der Waals surface area (Å²) in [6.07, 6.45) is 3.94. The van der Waals surface area contributed by atoms with Crippen molar-refractivity contribution >= 4 is 28.3 Å². The molecular formula is C16H14N6. The third-order valence-electron chi connectivity index (χ3n) is 3.65. The fraction of sp³-hybridized carbons (Fsp3) is 0.125. The number of rotatable bonds is 3. The van der Waals surface area contributed by atoms with Gasteiger partial charge in [-0.2, -0.15) is 0 Å². The molecule has 22 heavy (non-hydrogen) atoms. The second kappa shape index (κ2) is 5.07. The Balaban J connectivity index is 1.68. The third kappa shape index (κ3) is 2.05. The highest BCUT2D eigenvalue weighted by Crippen LogP contribution is 2.17. The van der Waals surface area contributed by atoms with Crippen molar-refractivity contribution in [2.24, 2.45) is 0 Å². The van der Waals surface area contributed by atoms with Crippen LogP contribution in [0.25, 0.3) is 28.3 Å². The van der Waals surface area contributed by atoms with Crippen molar-refractivity contribution in [1.82, 2.24) is 30.0 Å². The van der Waals surface area contributed by atoms with E-state index in [1.165, 1.54) is 0 Å². The van der Waals surface area contributed by atoms with Crippen LogP contribution in [0, 0.1) is 0 Å². The summed E-state index contributed by atoms with van der Waals surface area (Å²) in [4.78, 5) is 0. The van der Waals surface area contributed by atoms with E-state index in [2.05, 4.69) is 27.5 Å². The van der Waals surface area contributed by atoms with Crippen LogP contribution in [0.15, 0.2) is 54.6 Å². The van der Waals surface area contributed by atoms with Crippen molar-refractivity contribution in [3.8, 4) is 0 Å². The van der Waals surface area contributed by atoms with Crippen molar-refractivity contribution in [3.05, 3.63) is 54.6 Å². The van der Waals surface area contributed by atoms with Crippen molar-refractivity contribution in [2.75, 3.05) is 0 Å². The molecule has 0 N–H and O–H groups in total.